The van der Waals surface area contributed by atoms with Gasteiger partial charge in [0.2, 0.25) is 0 Å². The van der Waals surface area contributed by atoms with Crippen LogP contribution in [0.1, 0.15) is 44.8 Å². The molecule has 6 heterocycles. The lowest BCUT2D eigenvalue weighted by molar-refractivity contribution is -0.000518. The Morgan fingerprint density at radius 1 is 1.00 bits per heavy atom. The number of aromatic nitrogens is 3. The minimum absolute atomic E-state index is 0.235. The minimum Gasteiger partial charge on any atom is -0.381 e. The summed E-state index contributed by atoms with van der Waals surface area (Å²) in [5, 5.41) is 3.60. The van der Waals surface area contributed by atoms with Crippen LogP contribution in [0.2, 0.25) is 5.02 Å². The molecule has 2 fully saturated rings. The molecule has 0 radical (unpaired) electrons. The number of hydrogen-bond acceptors (Lipinski definition) is 7. The zero-order chi connectivity index (χ0) is 35.6. The van der Waals surface area contributed by atoms with Crippen LogP contribution in [0.5, 0.6) is 0 Å². The number of halogens is 2. The number of imidazole rings is 1. The number of amides is 2. The topological polar surface area (TPSA) is 103 Å². The van der Waals surface area contributed by atoms with Crippen molar-refractivity contribution < 1.29 is 18.7 Å². The predicted molar refractivity (Wildman–Crippen MR) is 203 cm³/mol. The summed E-state index contributed by atoms with van der Waals surface area (Å²) in [6, 6.07) is 22.8. The van der Waals surface area contributed by atoms with E-state index in [1.54, 1.807) is 46.6 Å². The monoisotopic (exact) mass is 732 g/mol. The normalized spacial score (nSPS) is 16.3. The van der Waals surface area contributed by atoms with E-state index < -0.39 is 5.82 Å². The minimum atomic E-state index is -0.423. The van der Waals surface area contributed by atoms with Crippen LogP contribution in [0.4, 0.5) is 21.6 Å². The predicted octanol–water partition coefficient (Wildman–Crippen LogP) is 8.53. The SMILES string of the molecule is Cc1ccc(C(=O)Nc2ccc(C(=O)N3CCc4cc(-c5nc6cccc(Cl)c6[nH]5)sc4-c4ccc(F)cc43)cc2)c(N2CC3(CCOCC3)C2)n1. The quantitative estimate of drug-likeness (QED) is 0.184. The van der Waals surface area contributed by atoms with Gasteiger partial charge >= 0.3 is 0 Å². The molecule has 12 heteroatoms. The number of carbonyl (C=O) groups excluding carboxylic acids is 2. The number of nitrogens with one attached hydrogen (secondary N) is 2. The summed E-state index contributed by atoms with van der Waals surface area (Å²) < 4.78 is 20.4. The number of benzene rings is 3. The third-order valence-corrected chi connectivity index (χ3v) is 11.9. The van der Waals surface area contributed by atoms with Gasteiger partial charge in [0, 0.05) is 65.6 Å². The molecule has 3 aliphatic heterocycles. The molecule has 2 saturated heterocycles. The van der Waals surface area contributed by atoms with E-state index in [2.05, 4.69) is 21.3 Å². The standard InChI is InChI=1S/C40H34ClFN6O3S/c1-23-5-11-29(37(43-23)47-21-40(22-47)14-17-51-18-15-40)38(49)44-27-9-6-24(7-10-27)39(50)48-16-13-25-19-33(36-45-31-4-2-3-30(41)34(31)46-36)52-35(25)28-12-8-26(42)20-32(28)48/h2-12,19-20H,13-18,21-22H2,1H3,(H,44,49)(H,45,46). The van der Waals surface area contributed by atoms with Crippen LogP contribution in [-0.2, 0) is 11.2 Å². The van der Waals surface area contributed by atoms with Crippen molar-refractivity contribution in [2.75, 3.05) is 48.0 Å². The summed E-state index contributed by atoms with van der Waals surface area (Å²) in [5.74, 6) is 0.465. The summed E-state index contributed by atoms with van der Waals surface area (Å²) in [6.07, 6.45) is 2.62. The van der Waals surface area contributed by atoms with E-state index in [1.807, 2.05) is 37.3 Å². The molecule has 1 spiro atoms. The molecule has 0 atom stereocenters. The maximum absolute atomic E-state index is 14.8. The molecule has 0 bridgehead atoms. The van der Waals surface area contributed by atoms with Gasteiger partial charge in [-0.15, -0.1) is 11.3 Å². The van der Waals surface area contributed by atoms with Gasteiger partial charge in [-0.1, -0.05) is 17.7 Å². The van der Waals surface area contributed by atoms with Crippen molar-refractivity contribution in [1.82, 2.24) is 15.0 Å². The lowest BCUT2D eigenvalue weighted by atomic mass is 9.73. The first-order valence-electron chi connectivity index (χ1n) is 17.3. The summed E-state index contributed by atoms with van der Waals surface area (Å²) in [4.78, 5) is 46.2. The van der Waals surface area contributed by atoms with Gasteiger partial charge in [-0.25, -0.2) is 14.4 Å². The number of nitrogens with zero attached hydrogens (tertiary/aromatic N) is 4. The van der Waals surface area contributed by atoms with Crippen LogP contribution >= 0.6 is 22.9 Å². The van der Waals surface area contributed by atoms with E-state index in [9.17, 15) is 14.0 Å². The fourth-order valence-corrected chi connectivity index (χ4v) is 9.01. The molecule has 0 unspecified atom stereocenters. The molecule has 2 N–H and O–H groups in total. The third kappa shape index (κ3) is 5.82. The average molecular weight is 733 g/mol. The van der Waals surface area contributed by atoms with Crippen molar-refractivity contribution in [2.45, 2.75) is 26.2 Å². The highest BCUT2D eigenvalue weighted by atomic mass is 35.5. The number of H-pyrrole nitrogens is 1. The number of anilines is 3. The van der Waals surface area contributed by atoms with E-state index in [0.29, 0.717) is 52.1 Å². The van der Waals surface area contributed by atoms with Crippen LogP contribution < -0.4 is 15.1 Å². The molecule has 0 saturated carbocycles. The maximum Gasteiger partial charge on any atom is 0.259 e. The summed E-state index contributed by atoms with van der Waals surface area (Å²) in [5.41, 5.74) is 6.49. The number of pyridine rings is 1. The van der Waals surface area contributed by atoms with Crippen molar-refractivity contribution in [2.24, 2.45) is 5.41 Å². The number of fused-ring (bicyclic) bond motifs is 4. The number of thiophene rings is 1. The van der Waals surface area contributed by atoms with Crippen LogP contribution in [0, 0.1) is 18.2 Å². The fraction of sp³-hybridized carbons (Fsp3) is 0.250. The van der Waals surface area contributed by atoms with Crippen molar-refractivity contribution in [3.8, 4) is 21.1 Å². The van der Waals surface area contributed by atoms with Crippen LogP contribution in [0.25, 0.3) is 32.2 Å². The Hall–Kier alpha value is -5.10. The van der Waals surface area contributed by atoms with Crippen molar-refractivity contribution >= 4 is 63.0 Å². The van der Waals surface area contributed by atoms with Crippen molar-refractivity contribution in [3.05, 3.63) is 112 Å². The van der Waals surface area contributed by atoms with Gasteiger partial charge < -0.3 is 24.8 Å². The van der Waals surface area contributed by atoms with E-state index in [1.165, 1.54) is 12.1 Å². The number of aromatic amines is 1. The summed E-state index contributed by atoms with van der Waals surface area (Å²) >= 11 is 7.95. The smallest absolute Gasteiger partial charge is 0.259 e. The molecule has 0 aliphatic carbocycles. The van der Waals surface area contributed by atoms with Gasteiger partial charge in [0.1, 0.15) is 17.5 Å². The number of hydrogen-bond donors (Lipinski definition) is 2. The summed E-state index contributed by atoms with van der Waals surface area (Å²) in [6.45, 7) is 5.56. The zero-order valence-corrected chi connectivity index (χ0v) is 29.9. The number of ether oxygens (including phenoxy) is 1. The molecule has 3 aromatic carbocycles. The first-order chi connectivity index (χ1) is 25.2. The van der Waals surface area contributed by atoms with E-state index in [4.69, 9.17) is 26.3 Å². The molecule has 2 amide bonds. The number of rotatable bonds is 5. The Labute approximate surface area is 308 Å². The van der Waals surface area contributed by atoms with Crippen LogP contribution in [-0.4, -0.2) is 59.6 Å². The van der Waals surface area contributed by atoms with Crippen LogP contribution in [0.15, 0.2) is 78.9 Å². The average Bonchev–Trinajstić information content (AvgIpc) is 3.74. The number of aryl methyl sites for hydroxylation is 1. The van der Waals surface area contributed by atoms with Gasteiger partial charge in [0.25, 0.3) is 11.8 Å². The van der Waals surface area contributed by atoms with Gasteiger partial charge in [0.15, 0.2) is 0 Å². The Morgan fingerprint density at radius 3 is 2.60 bits per heavy atom. The Morgan fingerprint density at radius 2 is 1.81 bits per heavy atom. The largest absolute Gasteiger partial charge is 0.381 e. The zero-order valence-electron chi connectivity index (χ0n) is 28.3. The van der Waals surface area contributed by atoms with E-state index >= 15 is 0 Å². The van der Waals surface area contributed by atoms with Crippen molar-refractivity contribution in [3.63, 3.8) is 0 Å². The molecule has 9 nitrogen and oxygen atoms in total. The highest BCUT2D eigenvalue weighted by molar-refractivity contribution is 7.19. The second-order valence-corrected chi connectivity index (χ2v) is 15.3. The van der Waals surface area contributed by atoms with Crippen molar-refractivity contribution in [1.29, 1.82) is 0 Å². The van der Waals surface area contributed by atoms with E-state index in [0.717, 1.165) is 76.8 Å². The fourth-order valence-electron chi connectivity index (χ4n) is 7.60. The molecule has 3 aromatic heterocycles. The molecular formula is C40H34ClFN6O3S. The third-order valence-electron chi connectivity index (χ3n) is 10.4. The van der Waals surface area contributed by atoms with E-state index in [-0.39, 0.29) is 17.2 Å². The van der Waals surface area contributed by atoms with Gasteiger partial charge in [0.05, 0.1) is 32.2 Å². The lowest BCUT2D eigenvalue weighted by Crippen LogP contribution is -2.59. The summed E-state index contributed by atoms with van der Waals surface area (Å²) in [7, 11) is 0. The highest BCUT2D eigenvalue weighted by Crippen LogP contribution is 2.45. The molecular weight excluding hydrogens is 699 g/mol. The second-order valence-electron chi connectivity index (χ2n) is 13.9. The van der Waals surface area contributed by atoms with Gasteiger partial charge in [-0.3, -0.25) is 9.59 Å². The maximum atomic E-state index is 14.8. The first-order valence-corrected chi connectivity index (χ1v) is 18.5. The number of carbonyl (C=O) groups is 2. The molecule has 9 rings (SSSR count). The first kappa shape index (κ1) is 32.8. The van der Waals surface area contributed by atoms with Gasteiger partial charge in [-0.05, 0) is 105 Å². The Kier molecular flexibility index (Phi) is 8.09. The van der Waals surface area contributed by atoms with Gasteiger partial charge in [-0.2, -0.15) is 0 Å². The highest BCUT2D eigenvalue weighted by Gasteiger charge is 2.45. The second kappa shape index (κ2) is 12.8. The Balaban J connectivity index is 0.940. The molecule has 6 aromatic rings. The molecule has 262 valence electrons. The molecule has 52 heavy (non-hydrogen) atoms. The number of para-hydroxylation sites is 1. The van der Waals surface area contributed by atoms with Crippen LogP contribution in [0.3, 0.4) is 0 Å². The Bertz CT molecular complexity index is 2380. The molecule has 3 aliphatic rings. The lowest BCUT2D eigenvalue weighted by Gasteiger charge is -2.53.